The molecule has 1 atom stereocenters. The molecule has 0 radical (unpaired) electrons. The maximum absolute atomic E-state index is 10.9. The van der Waals surface area contributed by atoms with Crippen molar-refractivity contribution in [3.63, 3.8) is 0 Å². The van der Waals surface area contributed by atoms with Gasteiger partial charge in [0.2, 0.25) is 5.56 Å². The smallest absolute Gasteiger partial charge is 0.328 e. The average Bonchev–Trinajstić information content (AvgIpc) is 2.02. The largest absolute Gasteiger partial charge is 0.480 e. The van der Waals surface area contributed by atoms with Crippen LogP contribution in [0.1, 0.15) is 18.1 Å². The van der Waals surface area contributed by atoms with Gasteiger partial charge in [-0.05, 0) is 19.4 Å². The van der Waals surface area contributed by atoms with Crippen LogP contribution >= 0.6 is 0 Å². The second-order valence-corrected chi connectivity index (χ2v) is 3.40. The molecule has 5 nitrogen and oxygen atoms in total. The van der Waals surface area contributed by atoms with Gasteiger partial charge in [-0.1, -0.05) is 0 Å². The first-order valence-electron chi connectivity index (χ1n) is 4.08. The normalized spacial score (nSPS) is 14.8. The molecule has 1 rings (SSSR count). The minimum Gasteiger partial charge on any atom is -0.480 e. The molecule has 0 aliphatic carbocycles. The van der Waals surface area contributed by atoms with Gasteiger partial charge in [0.05, 0.1) is 0 Å². The Morgan fingerprint density at radius 1 is 1.64 bits per heavy atom. The molecule has 0 saturated heterocycles. The Labute approximate surface area is 80.6 Å². The first-order chi connectivity index (χ1) is 6.35. The van der Waals surface area contributed by atoms with E-state index >= 15 is 0 Å². The van der Waals surface area contributed by atoms with Crippen LogP contribution in [0.3, 0.4) is 0 Å². The SMILES string of the molecule is Cc1cc(=O)[nH]cc1[C@](C)(N)C(=O)O. The third-order valence-electron chi connectivity index (χ3n) is 2.13. The molecule has 0 aliphatic heterocycles. The Bertz CT molecular complexity index is 420. The topological polar surface area (TPSA) is 96.2 Å². The van der Waals surface area contributed by atoms with E-state index < -0.39 is 11.5 Å². The van der Waals surface area contributed by atoms with Crippen molar-refractivity contribution in [1.82, 2.24) is 4.98 Å². The van der Waals surface area contributed by atoms with Gasteiger partial charge >= 0.3 is 5.97 Å². The Morgan fingerprint density at radius 2 is 2.21 bits per heavy atom. The molecule has 4 N–H and O–H groups in total. The molecule has 1 heterocycles. The molecule has 5 heteroatoms. The number of hydrogen-bond donors (Lipinski definition) is 3. The lowest BCUT2D eigenvalue weighted by molar-refractivity contribution is -0.143. The predicted octanol–water partition coefficient (Wildman–Crippen LogP) is -0.0582. The Morgan fingerprint density at radius 3 is 2.64 bits per heavy atom. The van der Waals surface area contributed by atoms with Crippen molar-refractivity contribution in [3.05, 3.63) is 33.7 Å². The van der Waals surface area contributed by atoms with Crippen molar-refractivity contribution in [2.24, 2.45) is 5.73 Å². The molecule has 14 heavy (non-hydrogen) atoms. The van der Waals surface area contributed by atoms with Crippen molar-refractivity contribution < 1.29 is 9.90 Å². The van der Waals surface area contributed by atoms with Crippen LogP contribution in [0, 0.1) is 6.92 Å². The molecule has 0 bridgehead atoms. The first kappa shape index (κ1) is 10.5. The summed E-state index contributed by atoms with van der Waals surface area (Å²) in [5.41, 5.74) is 4.84. The molecule has 1 aromatic heterocycles. The van der Waals surface area contributed by atoms with Gasteiger partial charge in [0, 0.05) is 17.8 Å². The maximum Gasteiger partial charge on any atom is 0.328 e. The summed E-state index contributed by atoms with van der Waals surface area (Å²) in [6, 6.07) is 1.32. The van der Waals surface area contributed by atoms with Crippen LogP contribution in [0.2, 0.25) is 0 Å². The van der Waals surface area contributed by atoms with E-state index in [9.17, 15) is 9.59 Å². The fraction of sp³-hybridized carbons (Fsp3) is 0.333. The number of carboxylic acids is 1. The summed E-state index contributed by atoms with van der Waals surface area (Å²) in [5.74, 6) is -1.13. The van der Waals surface area contributed by atoms with Crippen LogP contribution in [-0.2, 0) is 10.3 Å². The molecule has 0 saturated carbocycles. The lowest BCUT2D eigenvalue weighted by Gasteiger charge is -2.21. The number of aryl methyl sites for hydroxylation is 1. The van der Waals surface area contributed by atoms with E-state index in [2.05, 4.69) is 4.98 Å². The number of pyridine rings is 1. The third kappa shape index (κ3) is 1.67. The second-order valence-electron chi connectivity index (χ2n) is 3.40. The number of H-pyrrole nitrogens is 1. The zero-order chi connectivity index (χ0) is 10.9. The van der Waals surface area contributed by atoms with Crippen molar-refractivity contribution >= 4 is 5.97 Å². The van der Waals surface area contributed by atoms with E-state index in [-0.39, 0.29) is 5.56 Å². The third-order valence-corrected chi connectivity index (χ3v) is 2.13. The minimum atomic E-state index is -1.48. The number of aliphatic carboxylic acids is 1. The van der Waals surface area contributed by atoms with E-state index in [4.69, 9.17) is 10.8 Å². The highest BCUT2D eigenvalue weighted by molar-refractivity contribution is 5.80. The fourth-order valence-electron chi connectivity index (χ4n) is 1.25. The Hall–Kier alpha value is -1.62. The van der Waals surface area contributed by atoms with Gasteiger partial charge in [0.1, 0.15) is 5.54 Å². The number of aromatic nitrogens is 1. The Kier molecular flexibility index (Phi) is 2.44. The van der Waals surface area contributed by atoms with E-state index in [1.807, 2.05) is 0 Å². The van der Waals surface area contributed by atoms with Gasteiger partial charge in [-0.15, -0.1) is 0 Å². The molecule has 0 fully saturated rings. The molecule has 0 unspecified atom stereocenters. The highest BCUT2D eigenvalue weighted by Crippen LogP contribution is 2.19. The molecule has 0 amide bonds. The predicted molar refractivity (Wildman–Crippen MR) is 51.0 cm³/mol. The molecule has 76 valence electrons. The molecular formula is C9H12N2O3. The van der Waals surface area contributed by atoms with Gasteiger partial charge in [0.25, 0.3) is 0 Å². The van der Waals surface area contributed by atoms with E-state index in [1.165, 1.54) is 19.2 Å². The first-order valence-corrected chi connectivity index (χ1v) is 4.08. The van der Waals surface area contributed by atoms with Gasteiger partial charge in [0.15, 0.2) is 0 Å². The summed E-state index contributed by atoms with van der Waals surface area (Å²) in [7, 11) is 0. The standard InChI is InChI=1S/C9H12N2O3/c1-5-3-7(12)11-4-6(5)9(2,10)8(13)14/h3-4H,10H2,1-2H3,(H,11,12)(H,13,14)/t9-/m0/s1. The van der Waals surface area contributed by atoms with Crippen LogP contribution in [0.4, 0.5) is 0 Å². The number of nitrogens with two attached hydrogens (primary N) is 1. The van der Waals surface area contributed by atoms with E-state index in [0.29, 0.717) is 11.1 Å². The van der Waals surface area contributed by atoms with Crippen LogP contribution in [0.5, 0.6) is 0 Å². The molecule has 0 aromatic carbocycles. The van der Waals surface area contributed by atoms with Crippen LogP contribution < -0.4 is 11.3 Å². The molecule has 0 aliphatic rings. The lowest BCUT2D eigenvalue weighted by atomic mass is 9.91. The lowest BCUT2D eigenvalue weighted by Crippen LogP contribution is -2.42. The van der Waals surface area contributed by atoms with Crippen molar-refractivity contribution in [1.29, 1.82) is 0 Å². The van der Waals surface area contributed by atoms with Crippen LogP contribution in [-0.4, -0.2) is 16.1 Å². The van der Waals surface area contributed by atoms with Crippen LogP contribution in [0.25, 0.3) is 0 Å². The second kappa shape index (κ2) is 3.26. The number of carbonyl (C=O) groups is 1. The zero-order valence-corrected chi connectivity index (χ0v) is 8.00. The molecule has 1 aromatic rings. The minimum absolute atomic E-state index is 0.271. The number of rotatable bonds is 2. The summed E-state index contributed by atoms with van der Waals surface area (Å²) in [4.78, 5) is 24.1. The van der Waals surface area contributed by atoms with Crippen LogP contribution in [0.15, 0.2) is 17.1 Å². The summed E-state index contributed by atoms with van der Waals surface area (Å²) >= 11 is 0. The number of hydrogen-bond acceptors (Lipinski definition) is 3. The monoisotopic (exact) mass is 196 g/mol. The fourth-order valence-corrected chi connectivity index (χ4v) is 1.25. The van der Waals surface area contributed by atoms with Crippen molar-refractivity contribution in [2.45, 2.75) is 19.4 Å². The van der Waals surface area contributed by atoms with E-state index in [0.717, 1.165) is 0 Å². The Balaban J connectivity index is 3.33. The summed E-state index contributed by atoms with van der Waals surface area (Å²) in [5, 5.41) is 8.87. The zero-order valence-electron chi connectivity index (χ0n) is 8.00. The summed E-state index contributed by atoms with van der Waals surface area (Å²) in [6.45, 7) is 3.04. The summed E-state index contributed by atoms with van der Waals surface area (Å²) < 4.78 is 0. The molecular weight excluding hydrogens is 184 g/mol. The number of carboxylic acid groups (broad SMARTS) is 1. The maximum atomic E-state index is 10.9. The van der Waals surface area contributed by atoms with E-state index in [1.54, 1.807) is 6.92 Å². The van der Waals surface area contributed by atoms with Gasteiger partial charge in [-0.3, -0.25) is 4.79 Å². The number of nitrogens with one attached hydrogen (secondary N) is 1. The van der Waals surface area contributed by atoms with Gasteiger partial charge in [-0.2, -0.15) is 0 Å². The van der Waals surface area contributed by atoms with Crippen molar-refractivity contribution in [2.75, 3.05) is 0 Å². The van der Waals surface area contributed by atoms with Gasteiger partial charge < -0.3 is 15.8 Å². The quantitative estimate of drug-likeness (QED) is 0.617. The highest BCUT2D eigenvalue weighted by Gasteiger charge is 2.31. The number of aromatic amines is 1. The average molecular weight is 196 g/mol. The summed E-state index contributed by atoms with van der Waals surface area (Å²) in [6.07, 6.45) is 1.34. The molecule has 0 spiro atoms. The highest BCUT2D eigenvalue weighted by atomic mass is 16.4. The van der Waals surface area contributed by atoms with Crippen molar-refractivity contribution in [3.8, 4) is 0 Å². The van der Waals surface area contributed by atoms with Gasteiger partial charge in [-0.25, -0.2) is 4.79 Å².